The fourth-order valence-corrected chi connectivity index (χ4v) is 2.85. The molecule has 0 fully saturated rings. The maximum atomic E-state index is 12.2. The van der Waals surface area contributed by atoms with Crippen molar-refractivity contribution in [3.05, 3.63) is 80.8 Å². The summed E-state index contributed by atoms with van der Waals surface area (Å²) in [6.45, 7) is 4.48. The molecule has 0 atom stereocenters. The second-order valence-corrected chi connectivity index (χ2v) is 7.91. The summed E-state index contributed by atoms with van der Waals surface area (Å²) in [5.74, 6) is -0.163. The largest absolute Gasteiger partial charge is 0.872 e. The van der Waals surface area contributed by atoms with Crippen LogP contribution in [0.5, 0.6) is 0 Å². The van der Waals surface area contributed by atoms with Gasteiger partial charge in [0.05, 0.1) is 13.1 Å². The van der Waals surface area contributed by atoms with Crippen molar-refractivity contribution < 1.29 is 10.2 Å². The van der Waals surface area contributed by atoms with Gasteiger partial charge in [-0.3, -0.25) is 9.98 Å². The molecule has 4 nitrogen and oxygen atoms in total. The van der Waals surface area contributed by atoms with Gasteiger partial charge < -0.3 is 10.2 Å². The SMILES string of the molecule is CC(/C=C(\[O-])c1ccc(Br)cc1)=NCCN=C(C)/C=C(\[O-])c1ccc(Br)cc1. The summed E-state index contributed by atoms with van der Waals surface area (Å²) in [5, 5.41) is 24.3. The predicted octanol–water partition coefficient (Wildman–Crippen LogP) is 4.24. The third-order valence-electron chi connectivity index (χ3n) is 3.76. The van der Waals surface area contributed by atoms with E-state index in [1.807, 2.05) is 24.3 Å². The predicted molar refractivity (Wildman–Crippen MR) is 120 cm³/mol. The second-order valence-electron chi connectivity index (χ2n) is 6.08. The van der Waals surface area contributed by atoms with Crippen LogP contribution in [0.1, 0.15) is 25.0 Å². The third kappa shape index (κ3) is 7.44. The second kappa shape index (κ2) is 11.0. The molecule has 146 valence electrons. The van der Waals surface area contributed by atoms with E-state index in [1.165, 1.54) is 12.2 Å². The van der Waals surface area contributed by atoms with Gasteiger partial charge in [0.15, 0.2) is 0 Å². The molecular weight excluding hydrogens is 484 g/mol. The molecule has 28 heavy (non-hydrogen) atoms. The van der Waals surface area contributed by atoms with Gasteiger partial charge in [-0.1, -0.05) is 67.6 Å². The molecule has 0 aliphatic heterocycles. The number of hydrogen-bond acceptors (Lipinski definition) is 4. The molecule has 0 spiro atoms. The van der Waals surface area contributed by atoms with Gasteiger partial charge in [0.2, 0.25) is 0 Å². The zero-order valence-electron chi connectivity index (χ0n) is 15.7. The standard InChI is InChI=1S/C22H22Br2N2O2/c1-15(13-21(27)17-3-7-19(23)8-4-17)25-11-12-26-16(2)14-22(28)18-5-9-20(24)10-6-18/h3-10,13-14,27-28H,11-12H2,1-2H3/p-2/b21-13-,22-14-,25-15?,26-16?. The Morgan fingerprint density at radius 1 is 0.714 bits per heavy atom. The molecule has 0 N–H and O–H groups in total. The zero-order valence-corrected chi connectivity index (χ0v) is 18.8. The maximum Gasteiger partial charge on any atom is 0.0588 e. The summed E-state index contributed by atoms with van der Waals surface area (Å²) in [5.41, 5.74) is 2.53. The van der Waals surface area contributed by atoms with Crippen LogP contribution >= 0.6 is 31.9 Å². The van der Waals surface area contributed by atoms with E-state index in [9.17, 15) is 10.2 Å². The summed E-state index contributed by atoms with van der Waals surface area (Å²) < 4.78 is 1.86. The Morgan fingerprint density at radius 3 is 1.36 bits per heavy atom. The molecule has 0 aliphatic carbocycles. The van der Waals surface area contributed by atoms with Gasteiger partial charge in [-0.25, -0.2) is 0 Å². The first-order valence-corrected chi connectivity index (χ1v) is 10.2. The smallest absolute Gasteiger partial charge is 0.0588 e. The highest BCUT2D eigenvalue weighted by atomic mass is 79.9. The Balaban J connectivity index is 1.91. The van der Waals surface area contributed by atoms with Crippen LogP contribution in [0.25, 0.3) is 11.5 Å². The van der Waals surface area contributed by atoms with Gasteiger partial charge in [-0.05, 0) is 61.4 Å². The van der Waals surface area contributed by atoms with E-state index in [1.54, 1.807) is 38.1 Å². The summed E-state index contributed by atoms with van der Waals surface area (Å²) in [6.07, 6.45) is 3.03. The summed E-state index contributed by atoms with van der Waals surface area (Å²) in [4.78, 5) is 8.69. The van der Waals surface area contributed by atoms with Crippen molar-refractivity contribution in [3.63, 3.8) is 0 Å². The van der Waals surface area contributed by atoms with Crippen molar-refractivity contribution in [1.29, 1.82) is 0 Å². The van der Waals surface area contributed by atoms with Gasteiger partial charge >= 0.3 is 0 Å². The first-order chi connectivity index (χ1) is 13.3. The zero-order chi connectivity index (χ0) is 20.5. The quantitative estimate of drug-likeness (QED) is 0.322. The van der Waals surface area contributed by atoms with E-state index < -0.39 is 0 Å². The molecule has 2 rings (SSSR count). The highest BCUT2D eigenvalue weighted by molar-refractivity contribution is 9.10. The van der Waals surface area contributed by atoms with Crippen molar-refractivity contribution in [2.24, 2.45) is 9.98 Å². The minimum atomic E-state index is -0.0816. The highest BCUT2D eigenvalue weighted by Gasteiger charge is 1.94. The third-order valence-corrected chi connectivity index (χ3v) is 4.82. The number of hydrogen-bond donors (Lipinski definition) is 0. The monoisotopic (exact) mass is 502 g/mol. The molecule has 0 bridgehead atoms. The van der Waals surface area contributed by atoms with Gasteiger partial charge in [0, 0.05) is 20.4 Å². The van der Waals surface area contributed by atoms with E-state index in [4.69, 9.17) is 0 Å². The van der Waals surface area contributed by atoms with Crippen LogP contribution in [0.3, 0.4) is 0 Å². The average molecular weight is 504 g/mol. The Bertz CT molecular complexity index is 835. The van der Waals surface area contributed by atoms with Crippen molar-refractivity contribution in [1.82, 2.24) is 0 Å². The molecule has 0 aliphatic rings. The lowest BCUT2D eigenvalue weighted by Gasteiger charge is -2.12. The molecule has 0 radical (unpaired) electrons. The molecular formula is C22H20Br2N2O2-2. The van der Waals surface area contributed by atoms with Gasteiger partial charge in [-0.15, -0.1) is 0 Å². The fraction of sp³-hybridized carbons (Fsp3) is 0.182. The van der Waals surface area contributed by atoms with Crippen LogP contribution in [0.2, 0.25) is 0 Å². The average Bonchev–Trinajstić information content (AvgIpc) is 2.66. The number of halogens is 2. The van der Waals surface area contributed by atoms with E-state index in [0.29, 0.717) is 35.6 Å². The van der Waals surface area contributed by atoms with Crippen LogP contribution < -0.4 is 10.2 Å². The maximum absolute atomic E-state index is 12.2. The van der Waals surface area contributed by atoms with Crippen LogP contribution in [0.15, 0.2) is 79.6 Å². The molecule has 2 aromatic carbocycles. The first kappa shape index (κ1) is 22.1. The van der Waals surface area contributed by atoms with Crippen LogP contribution in [-0.4, -0.2) is 24.5 Å². The van der Waals surface area contributed by atoms with E-state index in [2.05, 4.69) is 41.8 Å². The molecule has 0 saturated carbocycles. The molecule has 6 heteroatoms. The van der Waals surface area contributed by atoms with Crippen molar-refractivity contribution in [2.75, 3.05) is 13.1 Å². The van der Waals surface area contributed by atoms with Crippen LogP contribution in [0.4, 0.5) is 0 Å². The minimum Gasteiger partial charge on any atom is -0.872 e. The summed E-state index contributed by atoms with van der Waals surface area (Å²) in [7, 11) is 0. The van der Waals surface area contributed by atoms with E-state index in [-0.39, 0.29) is 11.5 Å². The van der Waals surface area contributed by atoms with Crippen molar-refractivity contribution in [2.45, 2.75) is 13.8 Å². The Morgan fingerprint density at radius 2 is 1.04 bits per heavy atom. The molecule has 2 aromatic rings. The number of nitrogens with zero attached hydrogens (tertiary/aromatic N) is 2. The lowest BCUT2D eigenvalue weighted by Crippen LogP contribution is -2.06. The molecule has 0 heterocycles. The lowest BCUT2D eigenvalue weighted by atomic mass is 10.1. The number of rotatable bonds is 7. The highest BCUT2D eigenvalue weighted by Crippen LogP contribution is 2.15. The van der Waals surface area contributed by atoms with Crippen molar-refractivity contribution >= 4 is 54.8 Å². The Kier molecular flexibility index (Phi) is 8.67. The molecule has 0 saturated heterocycles. The molecule has 0 unspecified atom stereocenters. The first-order valence-electron chi connectivity index (χ1n) is 8.66. The summed E-state index contributed by atoms with van der Waals surface area (Å²) in [6, 6.07) is 14.4. The van der Waals surface area contributed by atoms with Crippen LogP contribution in [-0.2, 0) is 0 Å². The van der Waals surface area contributed by atoms with Crippen LogP contribution in [0, 0.1) is 0 Å². The number of allylic oxidation sites excluding steroid dienone is 2. The van der Waals surface area contributed by atoms with Gasteiger partial charge in [0.25, 0.3) is 0 Å². The Labute approximate surface area is 182 Å². The topological polar surface area (TPSA) is 70.8 Å². The number of aliphatic imine (C=N–C) groups is 2. The van der Waals surface area contributed by atoms with Crippen molar-refractivity contribution in [3.8, 4) is 0 Å². The van der Waals surface area contributed by atoms with E-state index in [0.717, 1.165) is 8.95 Å². The summed E-state index contributed by atoms with van der Waals surface area (Å²) >= 11 is 6.69. The minimum absolute atomic E-state index is 0.0816. The van der Waals surface area contributed by atoms with Gasteiger partial charge in [-0.2, -0.15) is 0 Å². The van der Waals surface area contributed by atoms with Gasteiger partial charge in [0.1, 0.15) is 0 Å². The van der Waals surface area contributed by atoms with E-state index >= 15 is 0 Å². The molecule has 0 amide bonds. The normalized spacial score (nSPS) is 13.7. The number of benzene rings is 2. The Hall–Kier alpha value is -2.18. The molecule has 0 aromatic heterocycles. The fourth-order valence-electron chi connectivity index (χ4n) is 2.32. The lowest BCUT2D eigenvalue weighted by molar-refractivity contribution is -0.244.